The van der Waals surface area contributed by atoms with Crippen molar-refractivity contribution in [2.45, 2.75) is 25.8 Å². The number of Topliss-reactive ketones (excluding diaryl/α,β-unsaturated/α-hetero) is 1. The maximum Gasteiger partial charge on any atom is 0.167 e. The molecule has 0 radical (unpaired) electrons. The lowest BCUT2D eigenvalue weighted by molar-refractivity contribution is 0.0967. The lowest BCUT2D eigenvalue weighted by Crippen LogP contribution is -2.00. The molecule has 2 heteroatoms. The van der Waals surface area contributed by atoms with Gasteiger partial charge in [-0.1, -0.05) is 6.08 Å². The molecule has 1 aromatic rings. The van der Waals surface area contributed by atoms with Gasteiger partial charge < -0.3 is 4.57 Å². The van der Waals surface area contributed by atoms with Crippen LogP contribution in [0, 0.1) is 5.92 Å². The van der Waals surface area contributed by atoms with E-state index < -0.39 is 0 Å². The first-order chi connectivity index (χ1) is 6.81. The van der Waals surface area contributed by atoms with Crippen molar-refractivity contribution in [1.29, 1.82) is 0 Å². The van der Waals surface area contributed by atoms with Gasteiger partial charge in [0.25, 0.3) is 0 Å². The molecule has 1 aromatic heterocycles. The summed E-state index contributed by atoms with van der Waals surface area (Å²) in [6.45, 7) is 4.59. The van der Waals surface area contributed by atoms with Crippen molar-refractivity contribution in [3.8, 4) is 0 Å². The van der Waals surface area contributed by atoms with Crippen LogP contribution in [0.25, 0.3) is 0 Å². The summed E-state index contributed by atoms with van der Waals surface area (Å²) < 4.78 is 2.05. The molecule has 0 aliphatic heterocycles. The van der Waals surface area contributed by atoms with Crippen LogP contribution in [0.1, 0.15) is 29.6 Å². The molecule has 1 heterocycles. The molecule has 0 spiro atoms. The zero-order chi connectivity index (χ0) is 9.97. The van der Waals surface area contributed by atoms with Gasteiger partial charge in [0.2, 0.25) is 0 Å². The van der Waals surface area contributed by atoms with Crippen LogP contribution in [-0.2, 0) is 6.54 Å². The Morgan fingerprint density at radius 1 is 1.64 bits per heavy atom. The number of rotatable bonds is 5. The second-order valence-electron chi connectivity index (χ2n) is 3.85. The highest BCUT2D eigenvalue weighted by atomic mass is 16.1. The van der Waals surface area contributed by atoms with Crippen molar-refractivity contribution in [2.75, 3.05) is 0 Å². The molecule has 0 atom stereocenters. The molecule has 0 saturated heterocycles. The third kappa shape index (κ3) is 1.95. The van der Waals surface area contributed by atoms with Crippen molar-refractivity contribution in [3.05, 3.63) is 36.7 Å². The van der Waals surface area contributed by atoms with Crippen LogP contribution in [0.15, 0.2) is 31.1 Å². The maximum absolute atomic E-state index is 11.7. The molecule has 2 rings (SSSR count). The Morgan fingerprint density at radius 2 is 2.43 bits per heavy atom. The van der Waals surface area contributed by atoms with Gasteiger partial charge in [0.15, 0.2) is 5.78 Å². The predicted octanol–water partition coefficient (Wildman–Crippen LogP) is 2.66. The van der Waals surface area contributed by atoms with E-state index in [2.05, 4.69) is 11.1 Å². The van der Waals surface area contributed by atoms with E-state index in [1.807, 2.05) is 24.5 Å². The highest BCUT2D eigenvalue weighted by molar-refractivity contribution is 5.99. The second-order valence-corrected chi connectivity index (χ2v) is 3.85. The van der Waals surface area contributed by atoms with E-state index in [0.29, 0.717) is 11.7 Å². The monoisotopic (exact) mass is 189 g/mol. The maximum atomic E-state index is 11.7. The predicted molar refractivity (Wildman–Crippen MR) is 56.3 cm³/mol. The molecular formula is C12H15NO. The highest BCUT2D eigenvalue weighted by Crippen LogP contribution is 2.32. The number of nitrogens with zero attached hydrogens (tertiary/aromatic N) is 1. The summed E-state index contributed by atoms with van der Waals surface area (Å²) in [6, 6.07) is 1.92. The first-order valence-corrected chi connectivity index (χ1v) is 5.12. The van der Waals surface area contributed by atoms with E-state index in [-0.39, 0.29) is 0 Å². The Balaban J connectivity index is 2.01. The molecule has 14 heavy (non-hydrogen) atoms. The van der Waals surface area contributed by atoms with E-state index in [4.69, 9.17) is 0 Å². The fourth-order valence-corrected chi connectivity index (χ4v) is 1.55. The van der Waals surface area contributed by atoms with Crippen molar-refractivity contribution >= 4 is 5.78 Å². The van der Waals surface area contributed by atoms with Crippen molar-refractivity contribution < 1.29 is 4.79 Å². The number of carbonyl (C=O) groups excluding carboxylic acids is 1. The van der Waals surface area contributed by atoms with Crippen LogP contribution >= 0.6 is 0 Å². The van der Waals surface area contributed by atoms with Gasteiger partial charge >= 0.3 is 0 Å². The molecule has 1 aliphatic carbocycles. The summed E-state index contributed by atoms with van der Waals surface area (Å²) >= 11 is 0. The normalized spacial score (nSPS) is 15.4. The second kappa shape index (κ2) is 3.82. The van der Waals surface area contributed by atoms with E-state index in [1.165, 1.54) is 0 Å². The number of hydrogen-bond donors (Lipinski definition) is 0. The largest absolute Gasteiger partial charge is 0.353 e. The van der Waals surface area contributed by atoms with Gasteiger partial charge in [-0.3, -0.25) is 4.79 Å². The van der Waals surface area contributed by atoms with Gasteiger partial charge in [0, 0.05) is 30.4 Å². The fourth-order valence-electron chi connectivity index (χ4n) is 1.55. The Bertz CT molecular complexity index is 347. The number of aromatic nitrogens is 1. The van der Waals surface area contributed by atoms with Crippen LogP contribution in [0.2, 0.25) is 0 Å². The number of allylic oxidation sites excluding steroid dienone is 1. The van der Waals surface area contributed by atoms with Crippen LogP contribution in [0.5, 0.6) is 0 Å². The Morgan fingerprint density at radius 3 is 3.07 bits per heavy atom. The van der Waals surface area contributed by atoms with Crippen LogP contribution in [0.4, 0.5) is 0 Å². The summed E-state index contributed by atoms with van der Waals surface area (Å²) in [5.41, 5.74) is 0.872. The lowest BCUT2D eigenvalue weighted by Gasteiger charge is -1.97. The molecule has 1 aliphatic rings. The van der Waals surface area contributed by atoms with Crippen LogP contribution in [-0.4, -0.2) is 10.4 Å². The molecule has 0 N–H and O–H groups in total. The van der Waals surface area contributed by atoms with E-state index in [1.54, 1.807) is 0 Å². The molecule has 2 nitrogen and oxygen atoms in total. The first kappa shape index (κ1) is 9.25. The number of carbonyl (C=O) groups is 1. The summed E-state index contributed by atoms with van der Waals surface area (Å²) in [5, 5.41) is 0. The van der Waals surface area contributed by atoms with Crippen molar-refractivity contribution in [3.63, 3.8) is 0 Å². The fraction of sp³-hybridized carbons (Fsp3) is 0.417. The molecule has 0 aromatic carbocycles. The number of ketones is 1. The summed E-state index contributed by atoms with van der Waals surface area (Å²) in [7, 11) is 0. The zero-order valence-corrected chi connectivity index (χ0v) is 8.28. The van der Waals surface area contributed by atoms with Gasteiger partial charge in [-0.25, -0.2) is 0 Å². The molecule has 1 fully saturated rings. The minimum atomic E-state index is 0.322. The third-order valence-corrected chi connectivity index (χ3v) is 2.57. The topological polar surface area (TPSA) is 22.0 Å². The molecule has 0 amide bonds. The van der Waals surface area contributed by atoms with Crippen molar-refractivity contribution in [1.82, 2.24) is 4.57 Å². The first-order valence-electron chi connectivity index (χ1n) is 5.12. The van der Waals surface area contributed by atoms with Crippen LogP contribution in [0.3, 0.4) is 0 Å². The summed E-state index contributed by atoms with van der Waals surface area (Å²) in [6.07, 6.45) is 8.92. The Labute approximate surface area is 84.2 Å². The van der Waals surface area contributed by atoms with Crippen molar-refractivity contribution in [2.24, 2.45) is 5.92 Å². The Hall–Kier alpha value is -1.31. The SMILES string of the molecule is C=CCCn1ccc(C(=O)C2CC2)c1. The summed E-state index contributed by atoms with van der Waals surface area (Å²) in [5.74, 6) is 0.646. The number of aryl methyl sites for hydroxylation is 1. The standard InChI is InChI=1S/C12H15NO/c1-2-3-7-13-8-6-11(9-13)12(14)10-4-5-10/h2,6,8-10H,1,3-5,7H2. The quantitative estimate of drug-likeness (QED) is 0.515. The van der Waals surface area contributed by atoms with Gasteiger partial charge in [0.1, 0.15) is 0 Å². The molecule has 74 valence electrons. The molecule has 0 unspecified atom stereocenters. The van der Waals surface area contributed by atoms with E-state index in [0.717, 1.165) is 31.4 Å². The zero-order valence-electron chi connectivity index (χ0n) is 8.28. The van der Waals surface area contributed by atoms with Gasteiger partial charge in [0.05, 0.1) is 0 Å². The smallest absolute Gasteiger partial charge is 0.167 e. The summed E-state index contributed by atoms with van der Waals surface area (Å²) in [4.78, 5) is 11.7. The van der Waals surface area contributed by atoms with E-state index in [9.17, 15) is 4.79 Å². The molecule has 0 bridgehead atoms. The third-order valence-electron chi connectivity index (χ3n) is 2.57. The Kier molecular flexibility index (Phi) is 2.53. The molecular weight excluding hydrogens is 174 g/mol. The molecule has 1 saturated carbocycles. The average Bonchev–Trinajstić information content (AvgIpc) is 2.94. The van der Waals surface area contributed by atoms with Crippen LogP contribution < -0.4 is 0 Å². The van der Waals surface area contributed by atoms with E-state index >= 15 is 0 Å². The van der Waals surface area contributed by atoms with Gasteiger partial charge in [-0.15, -0.1) is 6.58 Å². The minimum absolute atomic E-state index is 0.322. The highest BCUT2D eigenvalue weighted by Gasteiger charge is 2.30. The van der Waals surface area contributed by atoms with Gasteiger partial charge in [-0.05, 0) is 25.3 Å². The minimum Gasteiger partial charge on any atom is -0.353 e. The number of hydrogen-bond acceptors (Lipinski definition) is 1. The lowest BCUT2D eigenvalue weighted by atomic mass is 10.1. The average molecular weight is 189 g/mol. The van der Waals surface area contributed by atoms with Gasteiger partial charge in [-0.2, -0.15) is 0 Å².